The maximum Gasteiger partial charge on any atom is 0.336 e. The Hall–Kier alpha value is -1.84. The van der Waals surface area contributed by atoms with E-state index < -0.39 is 17.7 Å². The van der Waals surface area contributed by atoms with E-state index in [2.05, 4.69) is 19.7 Å². The standard InChI is InChI=1S/C11H14O4/c1-6-9(12)14-11(5,7-2)15-10(13)8(3)4/h6-7H,1-3H2,4-5H3. The molecule has 0 aliphatic carbocycles. The molecule has 4 nitrogen and oxygen atoms in total. The molecule has 0 N–H and O–H groups in total. The first kappa shape index (κ1) is 13.2. The summed E-state index contributed by atoms with van der Waals surface area (Å²) in [7, 11) is 0. The monoisotopic (exact) mass is 210 g/mol. The van der Waals surface area contributed by atoms with Crippen LogP contribution in [0.25, 0.3) is 0 Å². The van der Waals surface area contributed by atoms with Gasteiger partial charge in [0.1, 0.15) is 0 Å². The van der Waals surface area contributed by atoms with Crippen LogP contribution in [-0.2, 0) is 19.1 Å². The first-order valence-electron chi connectivity index (χ1n) is 4.22. The second kappa shape index (κ2) is 5.14. The zero-order valence-electron chi connectivity index (χ0n) is 8.91. The van der Waals surface area contributed by atoms with Gasteiger partial charge >= 0.3 is 11.9 Å². The van der Waals surface area contributed by atoms with Gasteiger partial charge in [0.05, 0.1) is 0 Å². The molecule has 0 saturated carbocycles. The summed E-state index contributed by atoms with van der Waals surface area (Å²) < 4.78 is 9.67. The number of hydrogen-bond donors (Lipinski definition) is 0. The quantitative estimate of drug-likeness (QED) is 0.300. The molecule has 0 aromatic heterocycles. The molecular weight excluding hydrogens is 196 g/mol. The maximum atomic E-state index is 11.2. The van der Waals surface area contributed by atoms with Gasteiger partial charge in [-0.15, -0.1) is 0 Å². The van der Waals surface area contributed by atoms with E-state index in [-0.39, 0.29) is 5.57 Å². The third-order valence-electron chi connectivity index (χ3n) is 1.48. The molecule has 0 aromatic rings. The van der Waals surface area contributed by atoms with Crippen molar-refractivity contribution < 1.29 is 19.1 Å². The number of rotatable bonds is 5. The van der Waals surface area contributed by atoms with Gasteiger partial charge in [-0.05, 0) is 13.0 Å². The molecule has 0 rings (SSSR count). The molecule has 0 spiro atoms. The zero-order valence-corrected chi connectivity index (χ0v) is 8.91. The molecule has 15 heavy (non-hydrogen) atoms. The lowest BCUT2D eigenvalue weighted by atomic mass is 10.3. The molecule has 0 saturated heterocycles. The number of esters is 2. The van der Waals surface area contributed by atoms with Gasteiger partial charge in [-0.1, -0.05) is 19.7 Å². The molecule has 0 heterocycles. The van der Waals surface area contributed by atoms with Crippen LogP contribution in [-0.4, -0.2) is 17.7 Å². The fraction of sp³-hybridized carbons (Fsp3) is 0.273. The fourth-order valence-corrected chi connectivity index (χ4v) is 0.617. The average molecular weight is 210 g/mol. The summed E-state index contributed by atoms with van der Waals surface area (Å²) in [5, 5.41) is 0. The van der Waals surface area contributed by atoms with Gasteiger partial charge in [-0.2, -0.15) is 0 Å². The minimum atomic E-state index is -1.50. The largest absolute Gasteiger partial charge is 0.416 e. The first-order chi connectivity index (χ1) is 6.84. The Labute approximate surface area is 88.9 Å². The second-order valence-corrected chi connectivity index (χ2v) is 3.02. The maximum absolute atomic E-state index is 11.2. The highest BCUT2D eigenvalue weighted by molar-refractivity contribution is 5.87. The van der Waals surface area contributed by atoms with Crippen LogP contribution in [0.15, 0.2) is 37.5 Å². The van der Waals surface area contributed by atoms with Gasteiger partial charge in [-0.3, -0.25) is 0 Å². The highest BCUT2D eigenvalue weighted by Crippen LogP contribution is 2.16. The van der Waals surface area contributed by atoms with Gasteiger partial charge in [0.25, 0.3) is 5.79 Å². The van der Waals surface area contributed by atoms with E-state index in [1.807, 2.05) is 0 Å². The van der Waals surface area contributed by atoms with Gasteiger partial charge in [-0.25, -0.2) is 9.59 Å². The third-order valence-corrected chi connectivity index (χ3v) is 1.48. The lowest BCUT2D eigenvalue weighted by Crippen LogP contribution is -2.34. The van der Waals surface area contributed by atoms with E-state index in [0.29, 0.717) is 0 Å². The molecule has 1 unspecified atom stereocenters. The van der Waals surface area contributed by atoms with Crippen molar-refractivity contribution >= 4 is 11.9 Å². The molecular formula is C11H14O4. The molecule has 4 heteroatoms. The zero-order chi connectivity index (χ0) is 12.1. The average Bonchev–Trinajstić information content (AvgIpc) is 2.17. The van der Waals surface area contributed by atoms with Crippen LogP contribution < -0.4 is 0 Å². The number of carbonyl (C=O) groups excluding carboxylic acids is 2. The number of carbonyl (C=O) groups is 2. The van der Waals surface area contributed by atoms with Gasteiger partial charge in [0.15, 0.2) is 0 Å². The van der Waals surface area contributed by atoms with Crippen molar-refractivity contribution in [2.45, 2.75) is 19.6 Å². The minimum Gasteiger partial charge on any atom is -0.416 e. The Morgan fingerprint density at radius 2 is 1.80 bits per heavy atom. The van der Waals surface area contributed by atoms with Crippen LogP contribution in [0.3, 0.4) is 0 Å². The third kappa shape index (κ3) is 4.26. The Bertz CT molecular complexity index is 317. The normalized spacial score (nSPS) is 13.2. The van der Waals surface area contributed by atoms with E-state index in [4.69, 9.17) is 9.47 Å². The van der Waals surface area contributed by atoms with Crippen molar-refractivity contribution in [1.82, 2.24) is 0 Å². The van der Waals surface area contributed by atoms with Crippen LogP contribution in [0, 0.1) is 0 Å². The van der Waals surface area contributed by atoms with Crippen LogP contribution in [0.2, 0.25) is 0 Å². The summed E-state index contributed by atoms with van der Waals surface area (Å²) >= 11 is 0. The number of hydrogen-bond acceptors (Lipinski definition) is 4. The van der Waals surface area contributed by atoms with Crippen LogP contribution in [0.5, 0.6) is 0 Å². The van der Waals surface area contributed by atoms with Crippen molar-refractivity contribution in [3.8, 4) is 0 Å². The highest BCUT2D eigenvalue weighted by atomic mass is 16.7. The number of ether oxygens (including phenoxy) is 2. The Morgan fingerprint density at radius 3 is 2.13 bits per heavy atom. The van der Waals surface area contributed by atoms with Crippen LogP contribution >= 0.6 is 0 Å². The highest BCUT2D eigenvalue weighted by Gasteiger charge is 2.29. The van der Waals surface area contributed by atoms with Crippen molar-refractivity contribution in [1.29, 1.82) is 0 Å². The van der Waals surface area contributed by atoms with Gasteiger partial charge in [0, 0.05) is 18.6 Å². The smallest absolute Gasteiger partial charge is 0.336 e. The summed E-state index contributed by atoms with van der Waals surface area (Å²) in [6, 6.07) is 0. The van der Waals surface area contributed by atoms with Crippen molar-refractivity contribution in [2.75, 3.05) is 0 Å². The van der Waals surface area contributed by atoms with Gasteiger partial charge in [0.2, 0.25) is 0 Å². The molecule has 0 aliphatic rings. The van der Waals surface area contributed by atoms with Gasteiger partial charge < -0.3 is 9.47 Å². The lowest BCUT2D eigenvalue weighted by Gasteiger charge is -2.25. The molecule has 0 amide bonds. The SMILES string of the molecule is C=CC(=O)OC(C)(C=C)OC(=O)C(=C)C. The molecule has 82 valence electrons. The predicted octanol–water partition coefficient (Wildman–Crippen LogP) is 1.74. The van der Waals surface area contributed by atoms with Crippen molar-refractivity contribution in [2.24, 2.45) is 0 Å². The summed E-state index contributed by atoms with van der Waals surface area (Å²) in [4.78, 5) is 22.1. The molecule has 0 bridgehead atoms. The molecule has 0 aliphatic heterocycles. The Balaban J connectivity index is 4.64. The molecule has 0 aromatic carbocycles. The summed E-state index contributed by atoms with van der Waals surface area (Å²) in [5.74, 6) is -2.86. The summed E-state index contributed by atoms with van der Waals surface area (Å²) in [6.45, 7) is 12.9. The van der Waals surface area contributed by atoms with Crippen molar-refractivity contribution in [3.05, 3.63) is 37.5 Å². The van der Waals surface area contributed by atoms with E-state index in [9.17, 15) is 9.59 Å². The lowest BCUT2D eigenvalue weighted by molar-refractivity contribution is -0.200. The first-order valence-corrected chi connectivity index (χ1v) is 4.22. The molecule has 0 radical (unpaired) electrons. The van der Waals surface area contributed by atoms with Crippen LogP contribution in [0.4, 0.5) is 0 Å². The van der Waals surface area contributed by atoms with E-state index >= 15 is 0 Å². The molecule has 0 fully saturated rings. The predicted molar refractivity (Wildman–Crippen MR) is 55.8 cm³/mol. The topological polar surface area (TPSA) is 52.6 Å². The summed E-state index contributed by atoms with van der Waals surface area (Å²) in [5.41, 5.74) is 0.206. The summed E-state index contributed by atoms with van der Waals surface area (Å²) in [6.07, 6.45) is 2.17. The van der Waals surface area contributed by atoms with E-state index in [1.165, 1.54) is 19.9 Å². The minimum absolute atomic E-state index is 0.206. The van der Waals surface area contributed by atoms with Crippen molar-refractivity contribution in [3.63, 3.8) is 0 Å². The van der Waals surface area contributed by atoms with E-state index in [0.717, 1.165) is 6.08 Å². The van der Waals surface area contributed by atoms with E-state index in [1.54, 1.807) is 0 Å². The fourth-order valence-electron chi connectivity index (χ4n) is 0.617. The van der Waals surface area contributed by atoms with Crippen LogP contribution in [0.1, 0.15) is 13.8 Å². The Kier molecular flexibility index (Phi) is 4.51. The Morgan fingerprint density at radius 1 is 1.27 bits per heavy atom. The second-order valence-electron chi connectivity index (χ2n) is 3.02. The molecule has 1 atom stereocenters.